The minimum Gasteiger partial charge on any atom is -0.396 e. The lowest BCUT2D eigenvalue weighted by molar-refractivity contribution is -0.252. The van der Waals surface area contributed by atoms with Crippen LogP contribution in [0, 0.1) is 34.5 Å². The molecule has 4 heteroatoms. The van der Waals surface area contributed by atoms with E-state index in [1.807, 2.05) is 13.8 Å². The number of ether oxygens (including phenoxy) is 3. The number of hydrogen-bond acceptors (Lipinski definition) is 4. The summed E-state index contributed by atoms with van der Waals surface area (Å²) in [4.78, 5) is 0. The molecule has 0 aromatic rings. The van der Waals surface area contributed by atoms with Gasteiger partial charge in [0.2, 0.25) is 0 Å². The van der Waals surface area contributed by atoms with E-state index in [2.05, 4.69) is 6.92 Å². The van der Waals surface area contributed by atoms with E-state index in [9.17, 15) is 5.11 Å². The highest BCUT2D eigenvalue weighted by atomic mass is 16.7. The Morgan fingerprint density at radius 2 is 1.57 bits per heavy atom. The molecular formula is C26H44O4. The molecule has 2 heterocycles. The van der Waals surface area contributed by atoms with E-state index in [0.29, 0.717) is 24.4 Å². The lowest BCUT2D eigenvalue weighted by atomic mass is 9.43. The highest BCUT2D eigenvalue weighted by Gasteiger charge is 2.68. The Balaban J connectivity index is 0.000000937. The molecular weight excluding hydrogens is 376 g/mol. The molecule has 4 nitrogen and oxygen atoms in total. The standard InChI is InChI=1S/C24H38O4.C2H6/c1-21-8-5-20-18(19(21)6-9-24(21)27-13-14-28-24)4-3-17-15-22(7-2-12-26-22)10-11-23(17,20)16-25;1-2/h17-20,25H,2-16H2,1H3;1-2H3. The van der Waals surface area contributed by atoms with Gasteiger partial charge in [-0.2, -0.15) is 0 Å². The van der Waals surface area contributed by atoms with Gasteiger partial charge in [0.25, 0.3) is 0 Å². The lowest BCUT2D eigenvalue weighted by Gasteiger charge is -2.63. The highest BCUT2D eigenvalue weighted by Crippen LogP contribution is 2.70. The lowest BCUT2D eigenvalue weighted by Crippen LogP contribution is -2.60. The minimum absolute atomic E-state index is 0.147. The molecule has 0 bridgehead atoms. The van der Waals surface area contributed by atoms with Gasteiger partial charge in [-0.25, -0.2) is 0 Å². The Bertz CT molecular complexity index is 623. The van der Waals surface area contributed by atoms with E-state index in [0.717, 1.165) is 32.2 Å². The zero-order chi connectivity index (χ0) is 21.0. The molecule has 6 rings (SSSR count). The van der Waals surface area contributed by atoms with Crippen molar-refractivity contribution in [1.82, 2.24) is 0 Å². The van der Waals surface area contributed by atoms with Crippen molar-refractivity contribution in [2.75, 3.05) is 26.4 Å². The van der Waals surface area contributed by atoms with Crippen molar-refractivity contribution in [3.8, 4) is 0 Å². The summed E-state index contributed by atoms with van der Waals surface area (Å²) in [5.41, 5.74) is 0.468. The molecule has 30 heavy (non-hydrogen) atoms. The van der Waals surface area contributed by atoms with Crippen molar-refractivity contribution in [1.29, 1.82) is 0 Å². The van der Waals surface area contributed by atoms with Crippen LogP contribution in [0.3, 0.4) is 0 Å². The minimum atomic E-state index is -0.305. The number of aliphatic hydroxyl groups is 1. The summed E-state index contributed by atoms with van der Waals surface area (Å²) in [6.45, 7) is 9.33. The summed E-state index contributed by atoms with van der Waals surface area (Å²) >= 11 is 0. The maximum atomic E-state index is 10.8. The van der Waals surface area contributed by atoms with Crippen LogP contribution in [-0.2, 0) is 14.2 Å². The van der Waals surface area contributed by atoms with Gasteiger partial charge in [-0.1, -0.05) is 20.8 Å². The maximum absolute atomic E-state index is 10.8. The number of rotatable bonds is 1. The second-order valence-corrected chi connectivity index (χ2v) is 11.3. The Kier molecular flexibility index (Phi) is 5.57. The third-order valence-corrected chi connectivity index (χ3v) is 10.8. The smallest absolute Gasteiger partial charge is 0.174 e. The van der Waals surface area contributed by atoms with E-state index in [1.54, 1.807) is 0 Å². The molecule has 0 amide bonds. The van der Waals surface area contributed by atoms with Gasteiger partial charge in [-0.15, -0.1) is 0 Å². The summed E-state index contributed by atoms with van der Waals surface area (Å²) in [7, 11) is 0. The zero-order valence-corrected chi connectivity index (χ0v) is 19.6. The summed E-state index contributed by atoms with van der Waals surface area (Å²) in [5, 5.41) is 10.8. The van der Waals surface area contributed by atoms with Crippen molar-refractivity contribution in [3.63, 3.8) is 0 Å². The maximum Gasteiger partial charge on any atom is 0.174 e. The monoisotopic (exact) mass is 420 g/mol. The Morgan fingerprint density at radius 3 is 2.27 bits per heavy atom. The molecule has 4 aliphatic carbocycles. The first-order valence-electron chi connectivity index (χ1n) is 13.1. The third-order valence-electron chi connectivity index (χ3n) is 10.8. The van der Waals surface area contributed by atoms with Gasteiger partial charge in [0.05, 0.1) is 18.8 Å². The van der Waals surface area contributed by atoms with E-state index in [4.69, 9.17) is 14.2 Å². The average Bonchev–Trinajstić information content (AvgIpc) is 3.51. The fraction of sp³-hybridized carbons (Fsp3) is 1.00. The molecule has 7 unspecified atom stereocenters. The van der Waals surface area contributed by atoms with Crippen LogP contribution in [0.2, 0.25) is 0 Å². The average molecular weight is 421 g/mol. The van der Waals surface area contributed by atoms with Crippen LogP contribution in [0.5, 0.6) is 0 Å². The summed E-state index contributed by atoms with van der Waals surface area (Å²) in [6, 6.07) is 0. The van der Waals surface area contributed by atoms with Gasteiger partial charge < -0.3 is 19.3 Å². The van der Waals surface area contributed by atoms with Crippen LogP contribution in [0.25, 0.3) is 0 Å². The van der Waals surface area contributed by atoms with E-state index in [-0.39, 0.29) is 22.2 Å². The van der Waals surface area contributed by atoms with Crippen LogP contribution < -0.4 is 0 Å². The molecule has 7 atom stereocenters. The molecule has 6 aliphatic rings. The topological polar surface area (TPSA) is 47.9 Å². The first-order valence-corrected chi connectivity index (χ1v) is 13.1. The molecule has 0 aromatic heterocycles. The van der Waals surface area contributed by atoms with Gasteiger partial charge in [0.15, 0.2) is 5.79 Å². The van der Waals surface area contributed by atoms with Gasteiger partial charge in [0, 0.05) is 25.0 Å². The Morgan fingerprint density at radius 1 is 0.800 bits per heavy atom. The number of fused-ring (bicyclic) bond motifs is 6. The zero-order valence-electron chi connectivity index (χ0n) is 19.6. The second-order valence-electron chi connectivity index (χ2n) is 11.3. The summed E-state index contributed by atoms with van der Waals surface area (Å²) in [6.07, 6.45) is 13.4. The van der Waals surface area contributed by atoms with Gasteiger partial charge >= 0.3 is 0 Å². The van der Waals surface area contributed by atoms with Crippen LogP contribution in [-0.4, -0.2) is 42.9 Å². The molecule has 172 valence electrons. The molecule has 0 radical (unpaired) electrons. The van der Waals surface area contributed by atoms with Crippen molar-refractivity contribution in [2.45, 2.75) is 103 Å². The fourth-order valence-corrected chi connectivity index (χ4v) is 9.42. The van der Waals surface area contributed by atoms with Crippen molar-refractivity contribution >= 4 is 0 Å². The highest BCUT2D eigenvalue weighted by molar-refractivity contribution is 5.14. The first-order chi connectivity index (χ1) is 14.6. The van der Waals surface area contributed by atoms with Gasteiger partial charge in [-0.05, 0) is 93.3 Å². The molecule has 2 aliphatic heterocycles. The second kappa shape index (κ2) is 7.71. The quantitative estimate of drug-likeness (QED) is 0.624. The van der Waals surface area contributed by atoms with Gasteiger partial charge in [-0.3, -0.25) is 0 Å². The molecule has 2 saturated heterocycles. The van der Waals surface area contributed by atoms with Crippen LogP contribution >= 0.6 is 0 Å². The predicted molar refractivity (Wildman–Crippen MR) is 117 cm³/mol. The largest absolute Gasteiger partial charge is 0.396 e. The Labute approximate surface area is 183 Å². The fourth-order valence-electron chi connectivity index (χ4n) is 9.42. The van der Waals surface area contributed by atoms with Crippen LogP contribution in [0.4, 0.5) is 0 Å². The molecule has 1 N–H and O–H groups in total. The van der Waals surface area contributed by atoms with Crippen LogP contribution in [0.15, 0.2) is 0 Å². The predicted octanol–water partition coefficient (Wildman–Crippen LogP) is 5.32. The van der Waals surface area contributed by atoms with Crippen molar-refractivity contribution < 1.29 is 19.3 Å². The molecule has 0 aromatic carbocycles. The van der Waals surface area contributed by atoms with Crippen LogP contribution in [0.1, 0.15) is 91.4 Å². The number of aliphatic hydroxyl groups excluding tert-OH is 1. The summed E-state index contributed by atoms with van der Waals surface area (Å²) in [5.74, 6) is 2.48. The SMILES string of the molecule is CC.CC12CCC3C(CCC4CC5(CCCO5)CCC43CO)C1CCC21OCCO1. The first kappa shape index (κ1) is 21.7. The Hall–Kier alpha value is -0.160. The molecule has 4 saturated carbocycles. The van der Waals surface area contributed by atoms with E-state index in [1.165, 1.54) is 64.2 Å². The van der Waals surface area contributed by atoms with Crippen molar-refractivity contribution in [2.24, 2.45) is 34.5 Å². The summed E-state index contributed by atoms with van der Waals surface area (Å²) < 4.78 is 18.9. The van der Waals surface area contributed by atoms with Crippen molar-refractivity contribution in [3.05, 3.63) is 0 Å². The molecule has 2 spiro atoms. The third kappa shape index (κ3) is 2.79. The molecule has 6 fully saturated rings. The normalized spacial score (nSPS) is 51.2. The van der Waals surface area contributed by atoms with E-state index >= 15 is 0 Å². The number of hydrogen-bond donors (Lipinski definition) is 1. The van der Waals surface area contributed by atoms with E-state index < -0.39 is 0 Å². The van der Waals surface area contributed by atoms with Gasteiger partial charge in [0.1, 0.15) is 0 Å².